The Bertz CT molecular complexity index is 626. The van der Waals surface area contributed by atoms with Crippen LogP contribution >= 0.6 is 0 Å². The second kappa shape index (κ2) is 11.0. The summed E-state index contributed by atoms with van der Waals surface area (Å²) in [6.45, 7) is 7.87. The molecule has 1 saturated carbocycles. The molecule has 1 N–H and O–H groups in total. The second-order valence-electron chi connectivity index (χ2n) is 8.61. The Labute approximate surface area is 176 Å². The largest absolute Gasteiger partial charge is 0.492 e. The third-order valence-electron chi connectivity index (χ3n) is 6.36. The van der Waals surface area contributed by atoms with E-state index in [0.717, 1.165) is 50.1 Å². The van der Waals surface area contributed by atoms with E-state index in [1.165, 1.54) is 32.2 Å². The Morgan fingerprint density at radius 1 is 1.10 bits per heavy atom. The number of hydrogen-bond acceptors (Lipinski definition) is 4. The molecule has 2 aliphatic rings. The molecule has 1 heterocycles. The van der Waals surface area contributed by atoms with Gasteiger partial charge in [-0.15, -0.1) is 0 Å². The predicted molar refractivity (Wildman–Crippen MR) is 118 cm³/mol. The number of anilines is 1. The average molecular weight is 403 g/mol. The Morgan fingerprint density at radius 3 is 2.55 bits per heavy atom. The molecule has 1 amide bonds. The summed E-state index contributed by atoms with van der Waals surface area (Å²) in [6.07, 6.45) is 9.78. The number of ether oxygens (including phenoxy) is 2. The van der Waals surface area contributed by atoms with Crippen LogP contribution in [0.15, 0.2) is 24.3 Å². The van der Waals surface area contributed by atoms with Crippen LogP contribution in [-0.2, 0) is 9.53 Å². The molecule has 5 nitrogen and oxygen atoms in total. The summed E-state index contributed by atoms with van der Waals surface area (Å²) in [7, 11) is 0. The number of nitrogens with one attached hydrogen (secondary N) is 1. The molecule has 1 aromatic rings. The molecular weight excluding hydrogens is 364 g/mol. The van der Waals surface area contributed by atoms with Gasteiger partial charge in [0.25, 0.3) is 5.91 Å². The monoisotopic (exact) mass is 402 g/mol. The normalized spacial score (nSPS) is 22.2. The van der Waals surface area contributed by atoms with Crippen LogP contribution in [0.25, 0.3) is 0 Å². The first-order valence-electron chi connectivity index (χ1n) is 11.6. The molecule has 1 atom stereocenters. The number of carbonyl (C=O) groups excluding carboxylic acids is 1. The van der Waals surface area contributed by atoms with Gasteiger partial charge >= 0.3 is 0 Å². The molecule has 0 bridgehead atoms. The van der Waals surface area contributed by atoms with Gasteiger partial charge in [0.15, 0.2) is 0 Å². The fraction of sp³-hybridized carbons (Fsp3) is 0.708. The quantitative estimate of drug-likeness (QED) is 0.631. The van der Waals surface area contributed by atoms with Gasteiger partial charge in [-0.1, -0.05) is 32.6 Å². The molecule has 5 heteroatoms. The van der Waals surface area contributed by atoms with Crippen LogP contribution in [0.5, 0.6) is 5.75 Å². The zero-order chi connectivity index (χ0) is 20.5. The third kappa shape index (κ3) is 6.19. The summed E-state index contributed by atoms with van der Waals surface area (Å²) < 4.78 is 12.0. The first-order valence-corrected chi connectivity index (χ1v) is 11.6. The molecule has 1 unspecified atom stereocenters. The van der Waals surface area contributed by atoms with E-state index in [9.17, 15) is 4.79 Å². The van der Waals surface area contributed by atoms with Gasteiger partial charge in [0.2, 0.25) is 0 Å². The van der Waals surface area contributed by atoms with Gasteiger partial charge < -0.3 is 14.8 Å². The van der Waals surface area contributed by atoms with Crippen LogP contribution in [0.4, 0.5) is 5.69 Å². The Balaban J connectivity index is 1.49. The minimum absolute atomic E-state index is 0.00148. The van der Waals surface area contributed by atoms with E-state index in [0.29, 0.717) is 19.3 Å². The molecule has 162 valence electrons. The number of nitrogens with zero attached hydrogens (tertiary/aromatic N) is 1. The zero-order valence-corrected chi connectivity index (χ0v) is 18.3. The van der Waals surface area contributed by atoms with E-state index in [1.54, 1.807) is 0 Å². The van der Waals surface area contributed by atoms with Crippen LogP contribution in [0.3, 0.4) is 0 Å². The number of hydrogen-bond donors (Lipinski definition) is 1. The number of likely N-dealkylation sites (tertiary alicyclic amines) is 1. The van der Waals surface area contributed by atoms with Gasteiger partial charge in [-0.05, 0) is 69.8 Å². The Kier molecular flexibility index (Phi) is 8.37. The van der Waals surface area contributed by atoms with Gasteiger partial charge in [-0.3, -0.25) is 9.69 Å². The van der Waals surface area contributed by atoms with Crippen LogP contribution < -0.4 is 10.1 Å². The number of rotatable bonds is 9. The van der Waals surface area contributed by atoms with Crippen molar-refractivity contribution in [2.45, 2.75) is 83.3 Å². The molecule has 2 fully saturated rings. The Morgan fingerprint density at radius 2 is 1.86 bits per heavy atom. The van der Waals surface area contributed by atoms with E-state index < -0.39 is 5.60 Å². The standard InChI is InChI=1S/C24H38N2O3/c1-3-18-29-24(14-6-4-7-15-24)23(27)25-21-10-12-22(13-11-21)28-19-17-26-16-8-5-9-20(26)2/h10-13,20H,3-9,14-19H2,1-2H3,(H,25,27). The molecule has 29 heavy (non-hydrogen) atoms. The van der Waals surface area contributed by atoms with Crippen molar-refractivity contribution in [3.8, 4) is 5.75 Å². The van der Waals surface area contributed by atoms with Crippen molar-refractivity contribution in [1.82, 2.24) is 4.90 Å². The van der Waals surface area contributed by atoms with Crippen molar-refractivity contribution in [2.75, 3.05) is 31.6 Å². The maximum Gasteiger partial charge on any atom is 0.256 e. The van der Waals surface area contributed by atoms with E-state index in [1.807, 2.05) is 24.3 Å². The van der Waals surface area contributed by atoms with Crippen LogP contribution in [0.1, 0.15) is 71.6 Å². The lowest BCUT2D eigenvalue weighted by atomic mass is 9.83. The lowest BCUT2D eigenvalue weighted by molar-refractivity contribution is -0.146. The number of benzene rings is 1. The van der Waals surface area contributed by atoms with Crippen molar-refractivity contribution >= 4 is 11.6 Å². The van der Waals surface area contributed by atoms with Gasteiger partial charge in [0.05, 0.1) is 0 Å². The summed E-state index contributed by atoms with van der Waals surface area (Å²) >= 11 is 0. The highest BCUT2D eigenvalue weighted by Crippen LogP contribution is 2.33. The van der Waals surface area contributed by atoms with E-state index in [-0.39, 0.29) is 5.91 Å². The molecule has 1 aliphatic heterocycles. The summed E-state index contributed by atoms with van der Waals surface area (Å²) in [5.41, 5.74) is 0.145. The highest BCUT2D eigenvalue weighted by Gasteiger charge is 2.40. The summed E-state index contributed by atoms with van der Waals surface area (Å²) in [5, 5.41) is 3.07. The maximum atomic E-state index is 13.0. The van der Waals surface area contributed by atoms with Crippen molar-refractivity contribution in [1.29, 1.82) is 0 Å². The lowest BCUT2D eigenvalue weighted by Crippen LogP contribution is -2.47. The first kappa shape index (κ1) is 22.1. The molecular formula is C24H38N2O3. The molecule has 1 aliphatic carbocycles. The summed E-state index contributed by atoms with van der Waals surface area (Å²) in [4.78, 5) is 15.5. The fourth-order valence-electron chi connectivity index (χ4n) is 4.51. The number of piperidine rings is 1. The number of amides is 1. The second-order valence-corrected chi connectivity index (χ2v) is 8.61. The van der Waals surface area contributed by atoms with Crippen LogP contribution in [0, 0.1) is 0 Å². The first-order chi connectivity index (χ1) is 14.1. The highest BCUT2D eigenvalue weighted by atomic mass is 16.5. The van der Waals surface area contributed by atoms with Crippen molar-refractivity contribution in [3.63, 3.8) is 0 Å². The number of carbonyl (C=O) groups is 1. The highest BCUT2D eigenvalue weighted by molar-refractivity contribution is 5.97. The van der Waals surface area contributed by atoms with E-state index in [2.05, 4.69) is 24.1 Å². The molecule has 1 saturated heterocycles. The lowest BCUT2D eigenvalue weighted by Gasteiger charge is -2.35. The molecule has 3 rings (SSSR count). The van der Waals surface area contributed by atoms with Gasteiger partial charge in [-0.25, -0.2) is 0 Å². The summed E-state index contributed by atoms with van der Waals surface area (Å²) in [5.74, 6) is 0.848. The third-order valence-corrected chi connectivity index (χ3v) is 6.36. The fourth-order valence-corrected chi connectivity index (χ4v) is 4.51. The molecule has 0 radical (unpaired) electrons. The average Bonchev–Trinajstić information content (AvgIpc) is 2.75. The minimum atomic E-state index is -0.658. The minimum Gasteiger partial charge on any atom is -0.492 e. The SMILES string of the molecule is CCCOC1(C(=O)Nc2ccc(OCCN3CCCCC3C)cc2)CCCCC1. The molecule has 0 aromatic heterocycles. The van der Waals surface area contributed by atoms with Crippen LogP contribution in [0.2, 0.25) is 0 Å². The zero-order valence-electron chi connectivity index (χ0n) is 18.3. The topological polar surface area (TPSA) is 50.8 Å². The van der Waals surface area contributed by atoms with E-state index >= 15 is 0 Å². The van der Waals surface area contributed by atoms with Gasteiger partial charge in [0.1, 0.15) is 18.0 Å². The Hall–Kier alpha value is -1.59. The predicted octanol–water partition coefficient (Wildman–Crippen LogP) is 5.01. The van der Waals surface area contributed by atoms with E-state index in [4.69, 9.17) is 9.47 Å². The summed E-state index contributed by atoms with van der Waals surface area (Å²) in [6, 6.07) is 8.39. The van der Waals surface area contributed by atoms with Gasteiger partial charge in [-0.2, -0.15) is 0 Å². The van der Waals surface area contributed by atoms with Crippen LogP contribution in [-0.4, -0.2) is 48.8 Å². The molecule has 0 spiro atoms. The maximum absolute atomic E-state index is 13.0. The van der Waals surface area contributed by atoms with Crippen molar-refractivity contribution in [3.05, 3.63) is 24.3 Å². The van der Waals surface area contributed by atoms with Crippen molar-refractivity contribution in [2.24, 2.45) is 0 Å². The smallest absolute Gasteiger partial charge is 0.256 e. The molecule has 1 aromatic carbocycles. The van der Waals surface area contributed by atoms with Crippen molar-refractivity contribution < 1.29 is 14.3 Å². The van der Waals surface area contributed by atoms with Gasteiger partial charge in [0, 0.05) is 24.9 Å².